The fourth-order valence-corrected chi connectivity index (χ4v) is 3.89. The molecule has 2 aliphatic heterocycles. The number of nitrogens with zero attached hydrogens (tertiary/aromatic N) is 2. The Morgan fingerprint density at radius 3 is 2.50 bits per heavy atom. The summed E-state index contributed by atoms with van der Waals surface area (Å²) in [7, 11) is 0. The topological polar surface area (TPSA) is 32.5 Å². The predicted octanol–water partition coefficient (Wildman–Crippen LogP) is 2.70. The van der Waals surface area contributed by atoms with Crippen molar-refractivity contribution in [2.24, 2.45) is 11.1 Å². The molecule has 0 aliphatic carbocycles. The van der Waals surface area contributed by atoms with Crippen LogP contribution in [-0.4, -0.2) is 55.1 Å². The summed E-state index contributed by atoms with van der Waals surface area (Å²) in [4.78, 5) is 5.44. The van der Waals surface area contributed by atoms with E-state index in [0.29, 0.717) is 5.41 Å². The lowest BCUT2D eigenvalue weighted by molar-refractivity contribution is 0.160. The molecule has 0 aromatic heterocycles. The largest absolute Gasteiger partial charge is 0.330 e. The molecule has 0 aromatic carbocycles. The van der Waals surface area contributed by atoms with Gasteiger partial charge in [-0.25, -0.2) is 0 Å². The minimum atomic E-state index is 0.431. The van der Waals surface area contributed by atoms with E-state index in [1.165, 1.54) is 71.2 Å². The number of hydrogen-bond donors (Lipinski definition) is 1. The number of piperidine rings is 1. The molecule has 0 amide bonds. The number of nitrogens with two attached hydrogens (primary N) is 1. The molecule has 20 heavy (non-hydrogen) atoms. The summed E-state index contributed by atoms with van der Waals surface area (Å²) in [5.41, 5.74) is 6.12. The van der Waals surface area contributed by atoms with Crippen LogP contribution < -0.4 is 5.73 Å². The van der Waals surface area contributed by atoms with Crippen LogP contribution in [0.1, 0.15) is 58.8 Å². The van der Waals surface area contributed by atoms with Gasteiger partial charge in [0.1, 0.15) is 0 Å². The summed E-state index contributed by atoms with van der Waals surface area (Å²) in [5.74, 6) is 0. The van der Waals surface area contributed by atoms with Crippen LogP contribution in [0.15, 0.2) is 0 Å². The third-order valence-electron chi connectivity index (χ3n) is 5.30. The van der Waals surface area contributed by atoms with Crippen molar-refractivity contribution in [3.63, 3.8) is 0 Å². The molecule has 0 radical (unpaired) electrons. The Hall–Kier alpha value is -0.120. The van der Waals surface area contributed by atoms with Crippen molar-refractivity contribution < 1.29 is 0 Å². The average molecular weight is 281 g/mol. The van der Waals surface area contributed by atoms with Crippen molar-refractivity contribution in [1.82, 2.24) is 9.80 Å². The van der Waals surface area contributed by atoms with E-state index in [1.54, 1.807) is 0 Å². The Morgan fingerprint density at radius 2 is 1.80 bits per heavy atom. The summed E-state index contributed by atoms with van der Waals surface area (Å²) in [6.07, 6.45) is 9.49. The smallest absolute Gasteiger partial charge is 0.0235 e. The van der Waals surface area contributed by atoms with Gasteiger partial charge in [0.2, 0.25) is 0 Å². The minimum Gasteiger partial charge on any atom is -0.330 e. The molecule has 2 saturated heterocycles. The van der Waals surface area contributed by atoms with Gasteiger partial charge in [-0.05, 0) is 76.7 Å². The Kier molecular flexibility index (Phi) is 6.31. The third-order valence-corrected chi connectivity index (χ3v) is 5.30. The first-order valence-electron chi connectivity index (χ1n) is 8.77. The van der Waals surface area contributed by atoms with E-state index >= 15 is 0 Å². The number of hydrogen-bond acceptors (Lipinski definition) is 3. The van der Waals surface area contributed by atoms with Crippen molar-refractivity contribution in [2.45, 2.75) is 64.8 Å². The highest BCUT2D eigenvalue weighted by molar-refractivity contribution is 4.85. The lowest BCUT2D eigenvalue weighted by Crippen LogP contribution is -2.41. The monoisotopic (exact) mass is 281 g/mol. The van der Waals surface area contributed by atoms with Gasteiger partial charge in [-0.3, -0.25) is 4.90 Å². The van der Waals surface area contributed by atoms with Crippen LogP contribution in [0.3, 0.4) is 0 Å². The predicted molar refractivity (Wildman–Crippen MR) is 87.0 cm³/mol. The first-order valence-corrected chi connectivity index (χ1v) is 8.77. The molecule has 2 aliphatic rings. The van der Waals surface area contributed by atoms with Gasteiger partial charge in [-0.15, -0.1) is 0 Å². The molecule has 2 rings (SSSR count). The zero-order chi connectivity index (χ0) is 14.4. The highest BCUT2D eigenvalue weighted by atomic mass is 15.3. The zero-order valence-electron chi connectivity index (χ0n) is 13.7. The van der Waals surface area contributed by atoms with Gasteiger partial charge in [-0.2, -0.15) is 0 Å². The van der Waals surface area contributed by atoms with Crippen LogP contribution >= 0.6 is 0 Å². The van der Waals surface area contributed by atoms with Gasteiger partial charge >= 0.3 is 0 Å². The summed E-state index contributed by atoms with van der Waals surface area (Å²) in [6.45, 7) is 12.2. The van der Waals surface area contributed by atoms with Gasteiger partial charge in [-0.1, -0.05) is 20.3 Å². The van der Waals surface area contributed by atoms with Crippen LogP contribution in [0.4, 0.5) is 0 Å². The normalized spacial score (nSPS) is 26.2. The van der Waals surface area contributed by atoms with E-state index in [9.17, 15) is 0 Å². The Balaban J connectivity index is 1.63. The maximum Gasteiger partial charge on any atom is 0.0235 e. The highest BCUT2D eigenvalue weighted by Gasteiger charge is 2.28. The van der Waals surface area contributed by atoms with E-state index in [-0.39, 0.29) is 0 Å². The van der Waals surface area contributed by atoms with E-state index in [1.807, 2.05) is 0 Å². The second-order valence-corrected chi connectivity index (χ2v) is 7.65. The lowest BCUT2D eigenvalue weighted by Gasteiger charge is -2.32. The second kappa shape index (κ2) is 7.77. The first kappa shape index (κ1) is 16.3. The highest BCUT2D eigenvalue weighted by Crippen LogP contribution is 2.27. The molecule has 3 heteroatoms. The van der Waals surface area contributed by atoms with Crippen LogP contribution in [0.25, 0.3) is 0 Å². The van der Waals surface area contributed by atoms with Gasteiger partial charge in [0.05, 0.1) is 0 Å². The molecule has 2 heterocycles. The van der Waals surface area contributed by atoms with Crippen LogP contribution in [0.2, 0.25) is 0 Å². The first-order chi connectivity index (χ1) is 9.61. The molecule has 1 atom stereocenters. The Labute approximate surface area is 125 Å². The minimum absolute atomic E-state index is 0.431. The molecular formula is C17H35N3. The molecule has 0 bridgehead atoms. The van der Waals surface area contributed by atoms with Crippen LogP contribution in [0.5, 0.6) is 0 Å². The van der Waals surface area contributed by atoms with Crippen molar-refractivity contribution in [3.8, 4) is 0 Å². The van der Waals surface area contributed by atoms with Crippen molar-refractivity contribution >= 4 is 0 Å². The lowest BCUT2D eigenvalue weighted by atomic mass is 9.84. The SMILES string of the molecule is CC(C)(CCN)CCCN1CCC(N2CCCCC2)C1. The summed E-state index contributed by atoms with van der Waals surface area (Å²) in [5, 5.41) is 0. The van der Waals surface area contributed by atoms with Crippen molar-refractivity contribution in [1.29, 1.82) is 0 Å². The number of likely N-dealkylation sites (tertiary alicyclic amines) is 2. The van der Waals surface area contributed by atoms with Gasteiger partial charge < -0.3 is 10.6 Å². The summed E-state index contributed by atoms with van der Waals surface area (Å²) < 4.78 is 0. The van der Waals surface area contributed by atoms with Gasteiger partial charge in [0.25, 0.3) is 0 Å². The van der Waals surface area contributed by atoms with Gasteiger partial charge in [0.15, 0.2) is 0 Å². The van der Waals surface area contributed by atoms with Crippen LogP contribution in [-0.2, 0) is 0 Å². The quantitative estimate of drug-likeness (QED) is 0.779. The summed E-state index contributed by atoms with van der Waals surface area (Å²) in [6, 6.07) is 0.854. The fraction of sp³-hybridized carbons (Fsp3) is 1.00. The molecule has 118 valence electrons. The van der Waals surface area contributed by atoms with Crippen molar-refractivity contribution in [3.05, 3.63) is 0 Å². The van der Waals surface area contributed by atoms with Gasteiger partial charge in [0, 0.05) is 12.6 Å². The fourth-order valence-electron chi connectivity index (χ4n) is 3.89. The molecule has 3 nitrogen and oxygen atoms in total. The van der Waals surface area contributed by atoms with E-state index < -0.39 is 0 Å². The maximum absolute atomic E-state index is 5.69. The molecule has 0 saturated carbocycles. The molecule has 0 spiro atoms. The Morgan fingerprint density at radius 1 is 1.05 bits per heavy atom. The standard InChI is InChI=1S/C17H35N3/c1-17(2,9-10-18)8-6-11-19-14-7-16(15-19)20-12-4-3-5-13-20/h16H,3-15,18H2,1-2H3. The third kappa shape index (κ3) is 5.01. The molecule has 2 N–H and O–H groups in total. The van der Waals surface area contributed by atoms with Crippen molar-refractivity contribution in [2.75, 3.05) is 39.3 Å². The molecule has 2 fully saturated rings. The second-order valence-electron chi connectivity index (χ2n) is 7.65. The molecular weight excluding hydrogens is 246 g/mol. The van der Waals surface area contributed by atoms with E-state index in [0.717, 1.165) is 19.0 Å². The molecule has 1 unspecified atom stereocenters. The Bertz CT molecular complexity index is 271. The molecule has 0 aromatic rings. The summed E-state index contributed by atoms with van der Waals surface area (Å²) >= 11 is 0. The number of rotatable bonds is 7. The average Bonchev–Trinajstić information content (AvgIpc) is 2.88. The van der Waals surface area contributed by atoms with E-state index in [2.05, 4.69) is 23.6 Å². The maximum atomic E-state index is 5.69. The van der Waals surface area contributed by atoms with Crippen LogP contribution in [0, 0.1) is 5.41 Å². The van der Waals surface area contributed by atoms with E-state index in [4.69, 9.17) is 5.73 Å². The zero-order valence-corrected chi connectivity index (χ0v) is 13.7.